The second-order valence-electron chi connectivity index (χ2n) is 6.88. The number of rotatable bonds is 2. The molecule has 1 N–H and O–H groups in total. The highest BCUT2D eigenvalue weighted by molar-refractivity contribution is 5.95. The summed E-state index contributed by atoms with van der Waals surface area (Å²) in [5.41, 5.74) is 1.77. The number of hydrogen-bond acceptors (Lipinski definition) is 2. The van der Waals surface area contributed by atoms with Crippen molar-refractivity contribution >= 4 is 11.9 Å². The summed E-state index contributed by atoms with van der Waals surface area (Å²) >= 11 is 0. The molecule has 1 aliphatic heterocycles. The normalized spacial score (nSPS) is 19.2. The molecule has 0 radical (unpaired) electrons. The van der Waals surface area contributed by atoms with Crippen LogP contribution in [0.15, 0.2) is 24.3 Å². The largest absolute Gasteiger partial charge is 0.337 e. The van der Waals surface area contributed by atoms with E-state index in [2.05, 4.69) is 5.32 Å². The Hall–Kier alpha value is -2.04. The van der Waals surface area contributed by atoms with Crippen LogP contribution in [0.2, 0.25) is 0 Å². The Balaban J connectivity index is 1.57. The minimum atomic E-state index is 0.0343. The van der Waals surface area contributed by atoms with E-state index in [1.807, 2.05) is 41.0 Å². The molecule has 1 aromatic rings. The zero-order valence-corrected chi connectivity index (χ0v) is 14.5. The maximum atomic E-state index is 12.7. The van der Waals surface area contributed by atoms with Gasteiger partial charge in [0.1, 0.15) is 0 Å². The van der Waals surface area contributed by atoms with Crippen molar-refractivity contribution in [2.24, 2.45) is 0 Å². The molecule has 130 valence electrons. The van der Waals surface area contributed by atoms with E-state index in [-0.39, 0.29) is 11.9 Å². The van der Waals surface area contributed by atoms with Gasteiger partial charge in [0.05, 0.1) is 0 Å². The third kappa shape index (κ3) is 3.89. The fraction of sp³-hybridized carbons (Fsp3) is 0.579. The van der Waals surface area contributed by atoms with Crippen LogP contribution in [0.1, 0.15) is 48.0 Å². The van der Waals surface area contributed by atoms with Crippen molar-refractivity contribution in [2.45, 2.75) is 45.1 Å². The Kier molecular flexibility index (Phi) is 5.38. The number of amides is 3. The predicted octanol–water partition coefficient (Wildman–Crippen LogP) is 2.80. The summed E-state index contributed by atoms with van der Waals surface area (Å²) < 4.78 is 0. The van der Waals surface area contributed by atoms with Crippen LogP contribution < -0.4 is 5.32 Å². The molecule has 1 saturated carbocycles. The van der Waals surface area contributed by atoms with Gasteiger partial charge in [-0.2, -0.15) is 0 Å². The molecule has 0 atom stereocenters. The number of benzene rings is 1. The molecule has 1 saturated heterocycles. The van der Waals surface area contributed by atoms with Crippen LogP contribution in [0.4, 0.5) is 4.79 Å². The third-order valence-electron chi connectivity index (χ3n) is 5.13. The molecular weight excluding hydrogens is 302 g/mol. The van der Waals surface area contributed by atoms with E-state index < -0.39 is 0 Å². The van der Waals surface area contributed by atoms with Crippen molar-refractivity contribution in [3.63, 3.8) is 0 Å². The summed E-state index contributed by atoms with van der Waals surface area (Å²) in [6.45, 7) is 4.60. The summed E-state index contributed by atoms with van der Waals surface area (Å²) in [5, 5.41) is 3.14. The molecule has 0 unspecified atom stereocenters. The first-order valence-corrected chi connectivity index (χ1v) is 9.05. The quantitative estimate of drug-likeness (QED) is 0.907. The van der Waals surface area contributed by atoms with E-state index in [9.17, 15) is 9.59 Å². The van der Waals surface area contributed by atoms with Crippen LogP contribution in [0, 0.1) is 6.92 Å². The van der Waals surface area contributed by atoms with Gasteiger partial charge in [-0.05, 0) is 37.8 Å². The molecule has 0 spiro atoms. The fourth-order valence-corrected chi connectivity index (χ4v) is 3.64. The van der Waals surface area contributed by atoms with Gasteiger partial charge in [-0.3, -0.25) is 4.79 Å². The molecule has 3 rings (SSSR count). The first-order chi connectivity index (χ1) is 11.6. The summed E-state index contributed by atoms with van der Waals surface area (Å²) in [7, 11) is 0. The molecule has 3 amide bonds. The lowest BCUT2D eigenvalue weighted by atomic mass is 10.1. The molecule has 1 aliphatic carbocycles. The van der Waals surface area contributed by atoms with E-state index in [1.165, 1.54) is 12.8 Å². The van der Waals surface area contributed by atoms with E-state index in [0.717, 1.165) is 36.9 Å². The van der Waals surface area contributed by atoms with Gasteiger partial charge in [0.25, 0.3) is 5.91 Å². The fourth-order valence-electron chi connectivity index (χ4n) is 3.64. The van der Waals surface area contributed by atoms with E-state index in [4.69, 9.17) is 0 Å². The van der Waals surface area contributed by atoms with Crippen LogP contribution in [0.3, 0.4) is 0 Å². The molecule has 24 heavy (non-hydrogen) atoms. The van der Waals surface area contributed by atoms with Gasteiger partial charge in [0, 0.05) is 37.8 Å². The average Bonchev–Trinajstić information content (AvgIpc) is 2.96. The van der Waals surface area contributed by atoms with Gasteiger partial charge in [0.2, 0.25) is 0 Å². The topological polar surface area (TPSA) is 52.7 Å². The molecule has 1 heterocycles. The standard InChI is InChI=1S/C19H27N3O2/c1-15-7-2-5-10-17(15)18(23)21-11-6-12-22(14-13-21)19(24)20-16-8-3-4-9-16/h2,5,7,10,16H,3-4,6,8-9,11-14H2,1H3,(H,20,24). The van der Waals surface area contributed by atoms with Crippen LogP contribution in [-0.4, -0.2) is 54.0 Å². The van der Waals surface area contributed by atoms with Crippen molar-refractivity contribution < 1.29 is 9.59 Å². The Labute approximate surface area is 144 Å². The SMILES string of the molecule is Cc1ccccc1C(=O)N1CCCN(C(=O)NC2CCCC2)CC1. The van der Waals surface area contributed by atoms with Crippen LogP contribution in [-0.2, 0) is 0 Å². The van der Waals surface area contributed by atoms with Gasteiger partial charge in [0.15, 0.2) is 0 Å². The highest BCUT2D eigenvalue weighted by Gasteiger charge is 2.25. The van der Waals surface area contributed by atoms with E-state index in [0.29, 0.717) is 25.7 Å². The van der Waals surface area contributed by atoms with Crippen molar-refractivity contribution in [3.05, 3.63) is 35.4 Å². The molecule has 5 heteroatoms. The molecule has 0 aromatic heterocycles. The highest BCUT2D eigenvalue weighted by Crippen LogP contribution is 2.18. The average molecular weight is 329 g/mol. The second-order valence-corrected chi connectivity index (χ2v) is 6.88. The van der Waals surface area contributed by atoms with Gasteiger partial charge < -0.3 is 15.1 Å². The molecule has 2 fully saturated rings. The first kappa shape index (κ1) is 16.8. The minimum absolute atomic E-state index is 0.0343. The van der Waals surface area contributed by atoms with Crippen LogP contribution in [0.5, 0.6) is 0 Å². The first-order valence-electron chi connectivity index (χ1n) is 9.05. The Morgan fingerprint density at radius 2 is 1.62 bits per heavy atom. The maximum Gasteiger partial charge on any atom is 0.317 e. The molecule has 0 bridgehead atoms. The summed E-state index contributed by atoms with van der Waals surface area (Å²) in [6, 6.07) is 8.07. The third-order valence-corrected chi connectivity index (χ3v) is 5.13. The molecule has 2 aliphatic rings. The summed E-state index contributed by atoms with van der Waals surface area (Å²) in [5.74, 6) is 0.0751. The predicted molar refractivity (Wildman–Crippen MR) is 94.1 cm³/mol. The number of aryl methyl sites for hydroxylation is 1. The van der Waals surface area contributed by atoms with E-state index >= 15 is 0 Å². The minimum Gasteiger partial charge on any atom is -0.337 e. The zero-order valence-electron chi connectivity index (χ0n) is 14.5. The molecular formula is C19H27N3O2. The number of nitrogens with zero attached hydrogens (tertiary/aromatic N) is 2. The van der Waals surface area contributed by atoms with E-state index in [1.54, 1.807) is 0 Å². The lowest BCUT2D eigenvalue weighted by Crippen LogP contribution is -2.45. The number of carbonyl (C=O) groups excluding carboxylic acids is 2. The monoisotopic (exact) mass is 329 g/mol. The van der Waals surface area contributed by atoms with Crippen molar-refractivity contribution in [3.8, 4) is 0 Å². The van der Waals surface area contributed by atoms with Crippen molar-refractivity contribution in [1.29, 1.82) is 0 Å². The van der Waals surface area contributed by atoms with Crippen molar-refractivity contribution in [1.82, 2.24) is 15.1 Å². The number of hydrogen-bond donors (Lipinski definition) is 1. The number of nitrogens with one attached hydrogen (secondary N) is 1. The smallest absolute Gasteiger partial charge is 0.317 e. The summed E-state index contributed by atoms with van der Waals surface area (Å²) in [6.07, 6.45) is 5.44. The highest BCUT2D eigenvalue weighted by atomic mass is 16.2. The van der Waals surface area contributed by atoms with Crippen LogP contribution >= 0.6 is 0 Å². The molecule has 1 aromatic carbocycles. The van der Waals surface area contributed by atoms with Gasteiger partial charge in [-0.25, -0.2) is 4.79 Å². The Morgan fingerprint density at radius 3 is 2.38 bits per heavy atom. The van der Waals surface area contributed by atoms with Crippen LogP contribution in [0.25, 0.3) is 0 Å². The van der Waals surface area contributed by atoms with Crippen molar-refractivity contribution in [2.75, 3.05) is 26.2 Å². The summed E-state index contributed by atoms with van der Waals surface area (Å²) in [4.78, 5) is 28.9. The Bertz CT molecular complexity index is 596. The second kappa shape index (κ2) is 7.69. The van der Waals surface area contributed by atoms with Gasteiger partial charge >= 0.3 is 6.03 Å². The maximum absolute atomic E-state index is 12.7. The number of urea groups is 1. The Morgan fingerprint density at radius 1 is 0.958 bits per heavy atom. The number of carbonyl (C=O) groups is 2. The lowest BCUT2D eigenvalue weighted by molar-refractivity contribution is 0.0761. The lowest BCUT2D eigenvalue weighted by Gasteiger charge is -2.24. The molecule has 5 nitrogen and oxygen atoms in total. The zero-order chi connectivity index (χ0) is 16.9. The van der Waals surface area contributed by atoms with Gasteiger partial charge in [-0.1, -0.05) is 31.0 Å². The van der Waals surface area contributed by atoms with Gasteiger partial charge in [-0.15, -0.1) is 0 Å².